The van der Waals surface area contributed by atoms with E-state index in [-0.39, 0.29) is 23.6 Å². The number of carbonyl (C=O) groups is 2. The molecule has 2 aromatic rings. The SMILES string of the molecule is COc1ccc2ncc(F)c(C3OC(=O)OC3C34CCC(N(C(=O)O)C(C)(C)C)(CC3)CO4)c2n1. The topological polar surface area (TPSA) is 120 Å². The molecule has 0 spiro atoms. The first-order valence-corrected chi connectivity index (χ1v) is 11.5. The number of ether oxygens (including phenoxy) is 4. The van der Waals surface area contributed by atoms with Gasteiger partial charge in [0, 0.05) is 11.6 Å². The lowest BCUT2D eigenvalue weighted by atomic mass is 9.66. The van der Waals surface area contributed by atoms with E-state index in [0.29, 0.717) is 31.2 Å². The van der Waals surface area contributed by atoms with Crippen LogP contribution in [0.15, 0.2) is 18.3 Å². The van der Waals surface area contributed by atoms with Crippen LogP contribution in [-0.4, -0.2) is 68.7 Å². The number of halogens is 1. The molecule has 6 rings (SSSR count). The lowest BCUT2D eigenvalue weighted by molar-refractivity contribution is -0.233. The molecule has 11 heteroatoms. The molecule has 5 heterocycles. The summed E-state index contributed by atoms with van der Waals surface area (Å²) in [4.78, 5) is 34.4. The molecule has 10 nitrogen and oxygen atoms in total. The van der Waals surface area contributed by atoms with Gasteiger partial charge in [-0.1, -0.05) is 0 Å². The summed E-state index contributed by atoms with van der Waals surface area (Å²) in [6.07, 6.45) is -1.03. The first kappa shape index (κ1) is 23.5. The van der Waals surface area contributed by atoms with Crippen LogP contribution in [0.1, 0.15) is 58.1 Å². The summed E-state index contributed by atoms with van der Waals surface area (Å²) in [6, 6.07) is 3.26. The molecule has 2 bridgehead atoms. The van der Waals surface area contributed by atoms with Crippen molar-refractivity contribution in [2.24, 2.45) is 0 Å². The number of fused-ring (bicyclic) bond motifs is 4. The van der Waals surface area contributed by atoms with Gasteiger partial charge in [0.1, 0.15) is 11.1 Å². The molecule has 35 heavy (non-hydrogen) atoms. The highest BCUT2D eigenvalue weighted by Gasteiger charge is 2.63. The average Bonchev–Trinajstić information content (AvgIpc) is 3.20. The monoisotopic (exact) mass is 489 g/mol. The number of carboxylic acid groups (broad SMARTS) is 1. The van der Waals surface area contributed by atoms with Gasteiger partial charge >= 0.3 is 12.2 Å². The maximum atomic E-state index is 15.2. The minimum Gasteiger partial charge on any atom is -0.481 e. The van der Waals surface area contributed by atoms with Crippen molar-refractivity contribution in [1.82, 2.24) is 14.9 Å². The Kier molecular flexibility index (Phi) is 5.31. The predicted molar refractivity (Wildman–Crippen MR) is 120 cm³/mol. The fourth-order valence-electron chi connectivity index (χ4n) is 5.94. The van der Waals surface area contributed by atoms with Crippen LogP contribution < -0.4 is 4.74 Å². The summed E-state index contributed by atoms with van der Waals surface area (Å²) in [5, 5.41) is 9.97. The average molecular weight is 490 g/mol. The van der Waals surface area contributed by atoms with Crippen molar-refractivity contribution < 1.29 is 38.0 Å². The zero-order valence-electron chi connectivity index (χ0n) is 20.0. The number of hydrogen-bond donors (Lipinski definition) is 1. The van der Waals surface area contributed by atoms with Crippen molar-refractivity contribution in [1.29, 1.82) is 0 Å². The number of methoxy groups -OCH3 is 1. The van der Waals surface area contributed by atoms with Crippen molar-refractivity contribution in [3.8, 4) is 5.88 Å². The maximum absolute atomic E-state index is 15.2. The van der Waals surface area contributed by atoms with Gasteiger partial charge < -0.3 is 24.1 Å². The van der Waals surface area contributed by atoms with E-state index in [2.05, 4.69) is 9.97 Å². The van der Waals surface area contributed by atoms with Crippen LogP contribution in [0.2, 0.25) is 0 Å². The van der Waals surface area contributed by atoms with Crippen molar-refractivity contribution in [3.05, 3.63) is 29.7 Å². The van der Waals surface area contributed by atoms with Gasteiger partial charge in [0.2, 0.25) is 5.88 Å². The van der Waals surface area contributed by atoms with Crippen LogP contribution >= 0.6 is 0 Å². The van der Waals surface area contributed by atoms with E-state index >= 15 is 4.39 Å². The molecule has 0 radical (unpaired) electrons. The van der Waals surface area contributed by atoms with Crippen LogP contribution in [0.4, 0.5) is 14.0 Å². The van der Waals surface area contributed by atoms with E-state index < -0.39 is 47.0 Å². The molecule has 0 aromatic carbocycles. The van der Waals surface area contributed by atoms with Gasteiger partial charge in [-0.2, -0.15) is 0 Å². The van der Waals surface area contributed by atoms with Crippen LogP contribution in [-0.2, 0) is 14.2 Å². The lowest BCUT2D eigenvalue weighted by Crippen LogP contribution is -2.70. The van der Waals surface area contributed by atoms with Crippen molar-refractivity contribution in [2.75, 3.05) is 13.7 Å². The zero-order valence-corrected chi connectivity index (χ0v) is 20.0. The van der Waals surface area contributed by atoms with Crippen molar-refractivity contribution >= 4 is 23.3 Å². The highest BCUT2D eigenvalue weighted by atomic mass is 19.1. The van der Waals surface area contributed by atoms with Crippen molar-refractivity contribution in [2.45, 2.75) is 75.3 Å². The van der Waals surface area contributed by atoms with Gasteiger partial charge in [-0.05, 0) is 52.5 Å². The highest BCUT2D eigenvalue weighted by Crippen LogP contribution is 2.54. The number of pyridine rings is 2. The molecular weight excluding hydrogens is 461 g/mol. The Bertz CT molecular complexity index is 1170. The first-order chi connectivity index (χ1) is 16.5. The Morgan fingerprint density at radius 2 is 1.94 bits per heavy atom. The number of amides is 1. The van der Waals surface area contributed by atoms with Crippen LogP contribution in [0.3, 0.4) is 0 Å². The van der Waals surface area contributed by atoms with Crippen LogP contribution in [0, 0.1) is 5.82 Å². The summed E-state index contributed by atoms with van der Waals surface area (Å²) in [6.45, 7) is 5.71. The third-order valence-electron chi connectivity index (χ3n) is 7.40. The summed E-state index contributed by atoms with van der Waals surface area (Å²) in [5.74, 6) is -0.424. The summed E-state index contributed by atoms with van der Waals surface area (Å²) >= 11 is 0. The van der Waals surface area contributed by atoms with E-state index in [1.807, 2.05) is 20.8 Å². The quantitative estimate of drug-likeness (QED) is 0.630. The molecule has 1 aliphatic carbocycles. The molecule has 1 saturated carbocycles. The Balaban J connectivity index is 1.51. The molecule has 1 N–H and O–H groups in total. The van der Waals surface area contributed by atoms with E-state index in [0.717, 1.165) is 6.20 Å². The summed E-state index contributed by atoms with van der Waals surface area (Å²) < 4.78 is 37.8. The fourth-order valence-corrected chi connectivity index (χ4v) is 5.94. The second-order valence-corrected chi connectivity index (χ2v) is 10.4. The van der Waals surface area contributed by atoms with E-state index in [1.54, 1.807) is 12.1 Å². The van der Waals surface area contributed by atoms with Crippen LogP contribution in [0.25, 0.3) is 11.0 Å². The van der Waals surface area contributed by atoms with E-state index in [9.17, 15) is 14.7 Å². The maximum Gasteiger partial charge on any atom is 0.509 e. The van der Waals surface area contributed by atoms with E-state index in [4.69, 9.17) is 18.9 Å². The number of hydrogen-bond acceptors (Lipinski definition) is 8. The van der Waals surface area contributed by atoms with Gasteiger partial charge in [0.15, 0.2) is 18.0 Å². The summed E-state index contributed by atoms with van der Waals surface area (Å²) in [7, 11) is 1.45. The Labute approximate surface area is 201 Å². The number of aromatic nitrogens is 2. The Morgan fingerprint density at radius 3 is 2.51 bits per heavy atom. The molecule has 2 aromatic heterocycles. The smallest absolute Gasteiger partial charge is 0.481 e. The molecule has 188 valence electrons. The lowest BCUT2D eigenvalue weighted by Gasteiger charge is -2.60. The fraction of sp³-hybridized carbons (Fsp3) is 0.583. The third-order valence-corrected chi connectivity index (χ3v) is 7.40. The van der Waals surface area contributed by atoms with Gasteiger partial charge in [-0.25, -0.2) is 19.0 Å². The van der Waals surface area contributed by atoms with Gasteiger partial charge in [0.05, 0.1) is 36.5 Å². The molecule has 2 unspecified atom stereocenters. The predicted octanol–water partition coefficient (Wildman–Crippen LogP) is 4.21. The molecular formula is C24H28FN3O7. The second kappa shape index (κ2) is 7.91. The van der Waals surface area contributed by atoms with E-state index in [1.165, 1.54) is 12.0 Å². The molecule has 4 fully saturated rings. The molecule has 1 amide bonds. The number of rotatable bonds is 4. The molecule has 3 aliphatic heterocycles. The van der Waals surface area contributed by atoms with Gasteiger partial charge in [0.25, 0.3) is 0 Å². The summed E-state index contributed by atoms with van der Waals surface area (Å²) in [5.41, 5.74) is -1.58. The minimum absolute atomic E-state index is 0.0481. The molecule has 4 aliphatic rings. The standard InChI is InChI=1S/C24H28FN3O7/c1-22(2,3)28(20(29)30)23-7-9-24(10-8-23,33-12-23)19-18(34-21(31)35-19)16-13(25)11-26-14-5-6-15(32-4)27-17(14)16/h5-6,11,18-19H,7-10,12H2,1-4H3,(H,29,30). The zero-order chi connectivity index (χ0) is 25.2. The highest BCUT2D eigenvalue weighted by molar-refractivity contribution is 5.80. The Morgan fingerprint density at radius 1 is 1.23 bits per heavy atom. The number of cyclic esters (lactones) is 2. The van der Waals surface area contributed by atoms with Gasteiger partial charge in [-0.3, -0.25) is 9.88 Å². The van der Waals surface area contributed by atoms with Gasteiger partial charge in [-0.15, -0.1) is 0 Å². The minimum atomic E-state index is -1.11. The first-order valence-electron chi connectivity index (χ1n) is 11.5. The number of nitrogens with zero attached hydrogens (tertiary/aromatic N) is 3. The molecule has 2 atom stereocenters. The van der Waals surface area contributed by atoms with Crippen molar-refractivity contribution in [3.63, 3.8) is 0 Å². The normalized spacial score (nSPS) is 30.1. The number of carbonyl (C=O) groups excluding carboxylic acids is 1. The third kappa shape index (κ3) is 3.64. The largest absolute Gasteiger partial charge is 0.509 e. The molecule has 3 saturated heterocycles. The second-order valence-electron chi connectivity index (χ2n) is 10.4. The Hall–Kier alpha value is -3.21. The van der Waals surface area contributed by atoms with Crippen LogP contribution in [0.5, 0.6) is 5.88 Å².